The van der Waals surface area contributed by atoms with Crippen LogP contribution < -0.4 is 0 Å². The zero-order valence-electron chi connectivity index (χ0n) is 11.4. The molecule has 2 N–H and O–H groups in total. The van der Waals surface area contributed by atoms with E-state index in [4.69, 9.17) is 8.83 Å². The third-order valence-corrected chi connectivity index (χ3v) is 4.16. The molecule has 0 aromatic carbocycles. The van der Waals surface area contributed by atoms with Crippen LogP contribution >= 0.6 is 0 Å². The van der Waals surface area contributed by atoms with Crippen LogP contribution in [0.1, 0.15) is 24.0 Å². The summed E-state index contributed by atoms with van der Waals surface area (Å²) in [4.78, 5) is 2.09. The molecule has 1 aliphatic rings. The maximum Gasteiger partial charge on any atom is 0.135 e. The molecule has 5 heteroatoms. The minimum absolute atomic E-state index is 0.404. The fourth-order valence-corrected chi connectivity index (χ4v) is 2.97. The molecule has 3 atom stereocenters. The fraction of sp³-hybridized carbons (Fsp3) is 0.467. The maximum atomic E-state index is 11.1. The Morgan fingerprint density at radius 2 is 2.05 bits per heavy atom. The van der Waals surface area contributed by atoms with Crippen molar-refractivity contribution < 1.29 is 19.0 Å². The van der Waals surface area contributed by atoms with Crippen molar-refractivity contribution in [2.45, 2.75) is 18.1 Å². The lowest BCUT2D eigenvalue weighted by molar-refractivity contribution is -0.133. The van der Waals surface area contributed by atoms with Crippen LogP contribution in [0.5, 0.6) is 0 Å². The van der Waals surface area contributed by atoms with Gasteiger partial charge in [-0.1, -0.05) is 0 Å². The standard InChI is InChI=1S/C15H19NO4/c1-16-7-6-15(18,13-5-3-9-20-13)11(10-16)14(17)12-4-2-8-19-12/h2-5,8-9,11,14,17-18H,6-7,10H2,1H3/t11-,14+,15-/m1/s1. The molecule has 0 bridgehead atoms. The van der Waals surface area contributed by atoms with Crippen LogP contribution in [0.2, 0.25) is 0 Å². The number of hydrogen-bond donors (Lipinski definition) is 2. The maximum absolute atomic E-state index is 11.1. The second-order valence-electron chi connectivity index (χ2n) is 5.48. The number of likely N-dealkylation sites (tertiary alicyclic amines) is 1. The first-order valence-electron chi connectivity index (χ1n) is 6.77. The fourth-order valence-electron chi connectivity index (χ4n) is 2.97. The number of rotatable bonds is 3. The Balaban J connectivity index is 1.95. The average molecular weight is 277 g/mol. The second-order valence-corrected chi connectivity index (χ2v) is 5.48. The summed E-state index contributed by atoms with van der Waals surface area (Å²) in [6.45, 7) is 1.32. The minimum atomic E-state index is -1.18. The van der Waals surface area contributed by atoms with Crippen molar-refractivity contribution in [3.8, 4) is 0 Å². The van der Waals surface area contributed by atoms with E-state index < -0.39 is 17.6 Å². The van der Waals surface area contributed by atoms with Gasteiger partial charge in [-0.05, 0) is 37.7 Å². The van der Waals surface area contributed by atoms with Gasteiger partial charge in [0.2, 0.25) is 0 Å². The molecule has 1 saturated heterocycles. The normalized spacial score (nSPS) is 29.4. The quantitative estimate of drug-likeness (QED) is 0.894. The Kier molecular flexibility index (Phi) is 3.41. The summed E-state index contributed by atoms with van der Waals surface area (Å²) in [6.07, 6.45) is 2.71. The molecule has 1 fully saturated rings. The van der Waals surface area contributed by atoms with Crippen molar-refractivity contribution in [3.63, 3.8) is 0 Å². The number of nitrogens with zero attached hydrogens (tertiary/aromatic N) is 1. The number of aliphatic hydroxyl groups excluding tert-OH is 1. The lowest BCUT2D eigenvalue weighted by Gasteiger charge is -2.43. The Hall–Kier alpha value is -1.56. The predicted octanol–water partition coefficient (Wildman–Crippen LogP) is 1.75. The van der Waals surface area contributed by atoms with Gasteiger partial charge in [0.05, 0.1) is 12.5 Å². The Morgan fingerprint density at radius 1 is 1.30 bits per heavy atom. The highest BCUT2D eigenvalue weighted by atomic mass is 16.4. The molecule has 0 amide bonds. The smallest absolute Gasteiger partial charge is 0.135 e. The lowest BCUT2D eigenvalue weighted by Crippen LogP contribution is -2.50. The van der Waals surface area contributed by atoms with Crippen LogP contribution in [0.15, 0.2) is 45.6 Å². The second kappa shape index (κ2) is 5.09. The van der Waals surface area contributed by atoms with Gasteiger partial charge in [0.25, 0.3) is 0 Å². The summed E-state index contributed by atoms with van der Waals surface area (Å²) in [7, 11) is 1.98. The van der Waals surface area contributed by atoms with Crippen molar-refractivity contribution in [3.05, 3.63) is 48.3 Å². The lowest BCUT2D eigenvalue weighted by atomic mass is 9.75. The van der Waals surface area contributed by atoms with Crippen LogP contribution in [0.4, 0.5) is 0 Å². The summed E-state index contributed by atoms with van der Waals surface area (Å²) >= 11 is 0. The van der Waals surface area contributed by atoms with Crippen molar-refractivity contribution in [1.82, 2.24) is 4.90 Å². The number of piperidine rings is 1. The van der Waals surface area contributed by atoms with Crippen LogP contribution in [0.25, 0.3) is 0 Å². The van der Waals surface area contributed by atoms with Crippen LogP contribution in [0, 0.1) is 5.92 Å². The highest BCUT2D eigenvalue weighted by Gasteiger charge is 2.48. The zero-order valence-corrected chi connectivity index (χ0v) is 11.4. The van der Waals surface area contributed by atoms with Gasteiger partial charge in [-0.25, -0.2) is 0 Å². The van der Waals surface area contributed by atoms with Gasteiger partial charge in [0.1, 0.15) is 23.2 Å². The molecule has 0 spiro atoms. The largest absolute Gasteiger partial charge is 0.467 e. The number of furan rings is 2. The summed E-state index contributed by atoms with van der Waals surface area (Å²) in [6, 6.07) is 6.97. The highest BCUT2D eigenvalue weighted by molar-refractivity contribution is 5.17. The average Bonchev–Trinajstić information content (AvgIpc) is 3.13. The molecule has 3 rings (SSSR count). The molecular weight excluding hydrogens is 258 g/mol. The predicted molar refractivity (Wildman–Crippen MR) is 71.9 cm³/mol. The Labute approximate surface area is 117 Å². The van der Waals surface area contributed by atoms with Crippen molar-refractivity contribution >= 4 is 0 Å². The molecule has 108 valence electrons. The van der Waals surface area contributed by atoms with E-state index in [2.05, 4.69) is 4.90 Å². The first-order valence-corrected chi connectivity index (χ1v) is 6.77. The molecule has 3 heterocycles. The van der Waals surface area contributed by atoms with Gasteiger partial charge in [-0.15, -0.1) is 0 Å². The van der Waals surface area contributed by atoms with E-state index >= 15 is 0 Å². The van der Waals surface area contributed by atoms with Gasteiger partial charge < -0.3 is 23.9 Å². The first kappa shape index (κ1) is 13.4. The van der Waals surface area contributed by atoms with E-state index in [1.807, 2.05) is 7.05 Å². The van der Waals surface area contributed by atoms with Gasteiger partial charge in [0.15, 0.2) is 0 Å². The summed E-state index contributed by atoms with van der Waals surface area (Å²) < 4.78 is 10.7. The van der Waals surface area contributed by atoms with Crippen molar-refractivity contribution in [2.24, 2.45) is 5.92 Å². The molecule has 20 heavy (non-hydrogen) atoms. The number of hydrogen-bond acceptors (Lipinski definition) is 5. The SMILES string of the molecule is CN1CC[C@](O)(c2ccco2)[C@@H]([C@H](O)c2ccco2)C1. The van der Waals surface area contributed by atoms with Gasteiger partial charge in [-0.3, -0.25) is 0 Å². The molecule has 0 saturated carbocycles. The molecule has 1 aliphatic heterocycles. The molecule has 0 radical (unpaired) electrons. The van der Waals surface area contributed by atoms with E-state index in [-0.39, 0.29) is 0 Å². The van der Waals surface area contributed by atoms with Crippen molar-refractivity contribution in [1.29, 1.82) is 0 Å². The topological polar surface area (TPSA) is 70.0 Å². The van der Waals surface area contributed by atoms with Gasteiger partial charge in [0, 0.05) is 19.0 Å². The van der Waals surface area contributed by atoms with Crippen LogP contribution in [-0.2, 0) is 5.60 Å². The monoisotopic (exact) mass is 277 g/mol. The van der Waals surface area contributed by atoms with Crippen molar-refractivity contribution in [2.75, 3.05) is 20.1 Å². The summed E-state index contributed by atoms with van der Waals surface area (Å²) in [5.74, 6) is 0.565. The molecule has 0 unspecified atom stereocenters. The molecule has 2 aromatic rings. The molecule has 5 nitrogen and oxygen atoms in total. The minimum Gasteiger partial charge on any atom is -0.467 e. The zero-order chi connectivity index (χ0) is 14.2. The van der Waals surface area contributed by atoms with Gasteiger partial charge >= 0.3 is 0 Å². The first-order chi connectivity index (χ1) is 9.61. The molecule has 2 aromatic heterocycles. The third kappa shape index (κ3) is 2.18. The molecule has 0 aliphatic carbocycles. The Bertz CT molecular complexity index is 536. The van der Waals surface area contributed by atoms with Gasteiger partial charge in [-0.2, -0.15) is 0 Å². The van der Waals surface area contributed by atoms with E-state index in [1.54, 1.807) is 30.5 Å². The van der Waals surface area contributed by atoms with E-state index in [9.17, 15) is 10.2 Å². The number of aliphatic hydroxyl groups is 2. The van der Waals surface area contributed by atoms with E-state index in [0.29, 0.717) is 24.5 Å². The van der Waals surface area contributed by atoms with E-state index in [0.717, 1.165) is 6.54 Å². The van der Waals surface area contributed by atoms with E-state index in [1.165, 1.54) is 6.26 Å². The summed E-state index contributed by atoms with van der Waals surface area (Å²) in [5.41, 5.74) is -1.18. The van der Waals surface area contributed by atoms with Crippen LogP contribution in [0.3, 0.4) is 0 Å². The Morgan fingerprint density at radius 3 is 2.70 bits per heavy atom. The third-order valence-electron chi connectivity index (χ3n) is 4.16. The highest BCUT2D eigenvalue weighted by Crippen LogP contribution is 2.43. The molecular formula is C15H19NO4. The van der Waals surface area contributed by atoms with Crippen LogP contribution in [-0.4, -0.2) is 35.3 Å². The summed E-state index contributed by atoms with van der Waals surface area (Å²) in [5, 5.41) is 21.6.